The van der Waals surface area contributed by atoms with Crippen molar-refractivity contribution in [2.75, 3.05) is 19.7 Å². The van der Waals surface area contributed by atoms with Crippen LogP contribution in [0.3, 0.4) is 0 Å². The maximum Gasteiger partial charge on any atom is 0.294 e. The highest BCUT2D eigenvalue weighted by Gasteiger charge is 2.32. The molecule has 7 nitrogen and oxygen atoms in total. The Bertz CT molecular complexity index is 1050. The molecular weight excluding hydrogens is 362 g/mol. The minimum absolute atomic E-state index is 0.0107. The molecule has 4 rings (SSSR count). The van der Waals surface area contributed by atoms with Gasteiger partial charge in [-0.3, -0.25) is 4.79 Å². The first-order chi connectivity index (χ1) is 13.6. The number of aromatic hydroxyl groups is 2. The maximum absolute atomic E-state index is 12.7. The summed E-state index contributed by atoms with van der Waals surface area (Å²) < 4.78 is 11.5. The number of para-hydroxylation sites is 1. The molecule has 2 aromatic carbocycles. The third kappa shape index (κ3) is 3.30. The van der Waals surface area contributed by atoms with E-state index in [4.69, 9.17) is 9.15 Å². The molecule has 1 saturated heterocycles. The lowest BCUT2D eigenvalue weighted by Crippen LogP contribution is -2.37. The van der Waals surface area contributed by atoms with Gasteiger partial charge in [-0.05, 0) is 31.0 Å². The highest BCUT2D eigenvalue weighted by atomic mass is 16.6. The Kier molecular flexibility index (Phi) is 4.93. The summed E-state index contributed by atoms with van der Waals surface area (Å²) in [6.45, 7) is 1.20. The normalized spacial score (nSPS) is 19.6. The summed E-state index contributed by atoms with van der Waals surface area (Å²) in [5.74, 6) is -0.461. The molecule has 1 aliphatic heterocycles. The van der Waals surface area contributed by atoms with E-state index in [0.29, 0.717) is 30.8 Å². The Labute approximate surface area is 160 Å². The molecule has 2 atom stereocenters. The van der Waals surface area contributed by atoms with Crippen LogP contribution in [0.1, 0.15) is 17.9 Å². The van der Waals surface area contributed by atoms with E-state index in [1.54, 1.807) is 24.3 Å². The summed E-state index contributed by atoms with van der Waals surface area (Å²) in [5.41, 5.74) is 0.0191. The number of piperidine rings is 1. The summed E-state index contributed by atoms with van der Waals surface area (Å²) in [4.78, 5) is 12.7. The van der Waals surface area contributed by atoms with Gasteiger partial charge in [0.15, 0.2) is 11.0 Å². The molecule has 4 N–H and O–H groups in total. The zero-order valence-corrected chi connectivity index (χ0v) is 15.1. The Morgan fingerprint density at radius 1 is 1.14 bits per heavy atom. The van der Waals surface area contributed by atoms with Crippen molar-refractivity contribution in [1.82, 2.24) is 5.32 Å². The van der Waals surface area contributed by atoms with Gasteiger partial charge >= 0.3 is 0 Å². The van der Waals surface area contributed by atoms with Gasteiger partial charge in [-0.1, -0.05) is 18.2 Å². The van der Waals surface area contributed by atoms with Crippen LogP contribution in [0.25, 0.3) is 11.0 Å². The quantitative estimate of drug-likeness (QED) is 0.548. The molecule has 2 heterocycles. The van der Waals surface area contributed by atoms with Crippen LogP contribution in [0.5, 0.6) is 23.2 Å². The fourth-order valence-electron chi connectivity index (χ4n) is 3.81. The van der Waals surface area contributed by atoms with Crippen molar-refractivity contribution < 1.29 is 24.5 Å². The molecule has 0 bridgehead atoms. The lowest BCUT2D eigenvalue weighted by molar-refractivity contribution is 0.178. The van der Waals surface area contributed by atoms with E-state index in [1.807, 2.05) is 6.07 Å². The van der Waals surface area contributed by atoms with Gasteiger partial charge in [0, 0.05) is 30.7 Å². The summed E-state index contributed by atoms with van der Waals surface area (Å²) >= 11 is 0. The Balaban J connectivity index is 1.90. The number of aliphatic hydroxyl groups excluding tert-OH is 1. The lowest BCUT2D eigenvalue weighted by atomic mass is 9.80. The predicted octanol–water partition coefficient (Wildman–Crippen LogP) is 2.68. The first-order valence-corrected chi connectivity index (χ1v) is 9.15. The number of fused-ring (bicyclic) bond motifs is 1. The van der Waals surface area contributed by atoms with Crippen LogP contribution in [0.2, 0.25) is 0 Å². The van der Waals surface area contributed by atoms with Gasteiger partial charge in [0.25, 0.3) is 5.95 Å². The Morgan fingerprint density at radius 2 is 1.93 bits per heavy atom. The summed E-state index contributed by atoms with van der Waals surface area (Å²) in [6.07, 6.45) is 0.645. The molecule has 0 spiro atoms. The van der Waals surface area contributed by atoms with Crippen LogP contribution in [0.4, 0.5) is 0 Å². The van der Waals surface area contributed by atoms with Crippen LogP contribution in [0.15, 0.2) is 51.7 Å². The second-order valence-electron chi connectivity index (χ2n) is 6.92. The van der Waals surface area contributed by atoms with E-state index in [2.05, 4.69) is 5.32 Å². The molecule has 0 amide bonds. The molecule has 28 heavy (non-hydrogen) atoms. The molecular formula is C21H21NO6. The predicted molar refractivity (Wildman–Crippen MR) is 103 cm³/mol. The highest BCUT2D eigenvalue weighted by molar-refractivity contribution is 5.88. The number of benzene rings is 2. The number of rotatable bonds is 4. The number of ether oxygens (including phenoxy) is 1. The van der Waals surface area contributed by atoms with Crippen molar-refractivity contribution in [3.63, 3.8) is 0 Å². The average Bonchev–Trinajstić information content (AvgIpc) is 2.68. The molecule has 1 aromatic heterocycles. The molecule has 7 heteroatoms. The number of nitrogens with one attached hydrogen (secondary N) is 1. The number of hydrogen-bond donors (Lipinski definition) is 4. The summed E-state index contributed by atoms with van der Waals surface area (Å²) in [6, 6.07) is 11.2. The second-order valence-corrected chi connectivity index (χ2v) is 6.92. The zero-order valence-electron chi connectivity index (χ0n) is 15.1. The van der Waals surface area contributed by atoms with Crippen molar-refractivity contribution in [2.24, 2.45) is 5.92 Å². The van der Waals surface area contributed by atoms with Gasteiger partial charge in [-0.2, -0.15) is 0 Å². The highest BCUT2D eigenvalue weighted by Crippen LogP contribution is 2.43. The second kappa shape index (κ2) is 7.53. The van der Waals surface area contributed by atoms with E-state index < -0.39 is 5.43 Å². The van der Waals surface area contributed by atoms with Crippen LogP contribution in [-0.4, -0.2) is 35.0 Å². The standard InChI is InChI=1S/C21H21NO6/c23-11-12-10-22-7-6-14(12)19-15(24)8-16(25)20-17(26)9-18(28-21(19)20)27-13-4-2-1-3-5-13/h1-5,8-9,12,14,22-25H,6-7,10-11H2. The van der Waals surface area contributed by atoms with E-state index >= 15 is 0 Å². The topological polar surface area (TPSA) is 112 Å². The van der Waals surface area contributed by atoms with Gasteiger partial charge < -0.3 is 29.8 Å². The third-order valence-electron chi connectivity index (χ3n) is 5.15. The molecule has 3 aromatic rings. The van der Waals surface area contributed by atoms with Gasteiger partial charge in [-0.25, -0.2) is 0 Å². The first kappa shape index (κ1) is 18.3. The van der Waals surface area contributed by atoms with Gasteiger partial charge in [0.1, 0.15) is 22.6 Å². The number of hydrogen-bond acceptors (Lipinski definition) is 7. The van der Waals surface area contributed by atoms with Crippen molar-refractivity contribution >= 4 is 11.0 Å². The van der Waals surface area contributed by atoms with Gasteiger partial charge in [-0.15, -0.1) is 0 Å². The largest absolute Gasteiger partial charge is 0.507 e. The van der Waals surface area contributed by atoms with Crippen molar-refractivity contribution in [3.05, 3.63) is 58.3 Å². The molecule has 2 unspecified atom stereocenters. The third-order valence-corrected chi connectivity index (χ3v) is 5.15. The number of phenols is 2. The van der Waals surface area contributed by atoms with Gasteiger partial charge in [0.2, 0.25) is 0 Å². The Hall–Kier alpha value is -3.03. The van der Waals surface area contributed by atoms with E-state index in [9.17, 15) is 20.1 Å². The number of aliphatic hydroxyl groups is 1. The fourth-order valence-corrected chi connectivity index (χ4v) is 3.81. The minimum Gasteiger partial charge on any atom is -0.507 e. The summed E-state index contributed by atoms with van der Waals surface area (Å²) in [7, 11) is 0. The van der Waals surface area contributed by atoms with E-state index in [0.717, 1.165) is 6.07 Å². The summed E-state index contributed by atoms with van der Waals surface area (Å²) in [5, 5.41) is 33.8. The van der Waals surface area contributed by atoms with Crippen molar-refractivity contribution in [3.8, 4) is 23.2 Å². The monoisotopic (exact) mass is 383 g/mol. The SMILES string of the molecule is O=c1cc(Oc2ccccc2)oc2c(C3CCNCC3CO)c(O)cc(O)c12. The zero-order chi connectivity index (χ0) is 19.7. The van der Waals surface area contributed by atoms with Gasteiger partial charge in [0.05, 0.1) is 6.07 Å². The van der Waals surface area contributed by atoms with Crippen LogP contribution in [0, 0.1) is 5.92 Å². The molecule has 146 valence electrons. The lowest BCUT2D eigenvalue weighted by Gasteiger charge is -2.31. The van der Waals surface area contributed by atoms with E-state index in [1.165, 1.54) is 6.07 Å². The van der Waals surface area contributed by atoms with Crippen LogP contribution < -0.4 is 15.5 Å². The molecule has 1 aliphatic rings. The van der Waals surface area contributed by atoms with Crippen LogP contribution >= 0.6 is 0 Å². The Morgan fingerprint density at radius 3 is 2.68 bits per heavy atom. The fraction of sp³-hybridized carbons (Fsp3) is 0.286. The number of phenolic OH excluding ortho intramolecular Hbond substituents is 2. The molecule has 0 saturated carbocycles. The average molecular weight is 383 g/mol. The smallest absolute Gasteiger partial charge is 0.294 e. The molecule has 0 aliphatic carbocycles. The maximum atomic E-state index is 12.7. The molecule has 0 radical (unpaired) electrons. The first-order valence-electron chi connectivity index (χ1n) is 9.15. The van der Waals surface area contributed by atoms with Crippen molar-refractivity contribution in [1.29, 1.82) is 0 Å². The van der Waals surface area contributed by atoms with Crippen LogP contribution in [-0.2, 0) is 0 Å². The van der Waals surface area contributed by atoms with Crippen molar-refractivity contribution in [2.45, 2.75) is 12.3 Å². The van der Waals surface area contributed by atoms with E-state index in [-0.39, 0.29) is 46.9 Å². The molecule has 1 fully saturated rings. The minimum atomic E-state index is -0.472.